The monoisotopic (exact) mass is 324 g/mol. The van der Waals surface area contributed by atoms with Gasteiger partial charge in [-0.2, -0.15) is 0 Å². The van der Waals surface area contributed by atoms with E-state index in [0.29, 0.717) is 25.9 Å². The van der Waals surface area contributed by atoms with Gasteiger partial charge in [-0.15, -0.1) is 0 Å². The first-order valence-electron chi connectivity index (χ1n) is 7.92. The predicted molar refractivity (Wildman–Crippen MR) is 82.7 cm³/mol. The van der Waals surface area contributed by atoms with Crippen molar-refractivity contribution in [3.8, 4) is 0 Å². The molecule has 1 aromatic carbocycles. The number of amides is 2. The zero-order valence-electron chi connectivity index (χ0n) is 13.3. The number of hydrogen-bond donors (Lipinski definition) is 1. The second kappa shape index (κ2) is 8.04. The van der Waals surface area contributed by atoms with E-state index >= 15 is 0 Å². The molecule has 0 aromatic heterocycles. The summed E-state index contributed by atoms with van der Waals surface area (Å²) in [7, 11) is 0. The van der Waals surface area contributed by atoms with Crippen LogP contribution < -0.4 is 5.32 Å². The van der Waals surface area contributed by atoms with Gasteiger partial charge in [0.2, 0.25) is 11.8 Å². The van der Waals surface area contributed by atoms with Crippen LogP contribution in [0.5, 0.6) is 0 Å². The Balaban J connectivity index is 1.86. The summed E-state index contributed by atoms with van der Waals surface area (Å²) in [4.78, 5) is 24.6. The molecule has 0 saturated carbocycles. The van der Waals surface area contributed by atoms with Crippen LogP contribution in [0.15, 0.2) is 18.2 Å². The molecule has 126 valence electrons. The third kappa shape index (κ3) is 5.01. The van der Waals surface area contributed by atoms with Gasteiger partial charge in [0.05, 0.1) is 6.54 Å². The first-order chi connectivity index (χ1) is 11.0. The normalized spacial score (nSPS) is 17.9. The Labute approximate surface area is 134 Å². The van der Waals surface area contributed by atoms with Gasteiger partial charge in [-0.25, -0.2) is 8.78 Å². The number of nitrogens with zero attached hydrogens (tertiary/aromatic N) is 1. The summed E-state index contributed by atoms with van der Waals surface area (Å²) in [5.74, 6) is -1.15. The van der Waals surface area contributed by atoms with Crippen molar-refractivity contribution in [2.45, 2.75) is 32.6 Å². The number of nitrogens with one attached hydrogen (secondary N) is 1. The van der Waals surface area contributed by atoms with Gasteiger partial charge in [-0.1, -0.05) is 6.07 Å². The molecular weight excluding hydrogens is 302 g/mol. The fourth-order valence-corrected chi connectivity index (χ4v) is 2.96. The van der Waals surface area contributed by atoms with E-state index in [1.54, 1.807) is 4.90 Å². The molecular formula is C17H22F2N2O2. The lowest BCUT2D eigenvalue weighted by Gasteiger charge is -2.33. The molecule has 0 radical (unpaired) electrons. The van der Waals surface area contributed by atoms with Crippen LogP contribution in [-0.4, -0.2) is 36.3 Å². The Morgan fingerprint density at radius 1 is 1.30 bits per heavy atom. The van der Waals surface area contributed by atoms with Gasteiger partial charge in [-0.3, -0.25) is 9.59 Å². The minimum atomic E-state index is -0.514. The van der Waals surface area contributed by atoms with E-state index in [-0.39, 0.29) is 29.8 Å². The highest BCUT2D eigenvalue weighted by molar-refractivity contribution is 5.83. The van der Waals surface area contributed by atoms with Gasteiger partial charge in [0.15, 0.2) is 0 Å². The number of benzene rings is 1. The highest BCUT2D eigenvalue weighted by atomic mass is 19.1. The summed E-state index contributed by atoms with van der Waals surface area (Å²) in [6.45, 7) is 2.62. The summed E-state index contributed by atoms with van der Waals surface area (Å²) in [6.07, 6.45) is 2.79. The molecule has 1 aliphatic heterocycles. The molecule has 1 aliphatic rings. The Kier molecular flexibility index (Phi) is 6.07. The van der Waals surface area contributed by atoms with Crippen LogP contribution in [0.1, 0.15) is 31.7 Å². The fraction of sp³-hybridized carbons (Fsp3) is 0.529. The van der Waals surface area contributed by atoms with Crippen molar-refractivity contribution in [3.63, 3.8) is 0 Å². The van der Waals surface area contributed by atoms with Crippen molar-refractivity contribution >= 4 is 11.8 Å². The Bertz CT molecular complexity index is 557. The maximum Gasteiger partial charge on any atom is 0.241 e. The van der Waals surface area contributed by atoms with Crippen molar-refractivity contribution in [1.29, 1.82) is 0 Å². The molecule has 0 bridgehead atoms. The van der Waals surface area contributed by atoms with Crippen LogP contribution in [0.2, 0.25) is 0 Å². The molecule has 1 saturated heterocycles. The maximum absolute atomic E-state index is 13.6. The average molecular weight is 324 g/mol. The molecule has 0 aliphatic carbocycles. The van der Waals surface area contributed by atoms with Crippen LogP contribution in [0.25, 0.3) is 0 Å². The van der Waals surface area contributed by atoms with E-state index in [9.17, 15) is 18.4 Å². The summed E-state index contributed by atoms with van der Waals surface area (Å²) < 4.78 is 27.3. The van der Waals surface area contributed by atoms with Gasteiger partial charge in [0.1, 0.15) is 11.6 Å². The molecule has 1 heterocycles. The number of hydrogen-bond acceptors (Lipinski definition) is 2. The second-order valence-electron chi connectivity index (χ2n) is 6.00. The van der Waals surface area contributed by atoms with E-state index in [4.69, 9.17) is 0 Å². The molecule has 2 rings (SSSR count). The summed E-state index contributed by atoms with van der Waals surface area (Å²) >= 11 is 0. The fourth-order valence-electron chi connectivity index (χ4n) is 2.96. The molecule has 1 atom stereocenters. The zero-order chi connectivity index (χ0) is 16.8. The number of likely N-dealkylation sites (tertiary alicyclic amines) is 1. The molecule has 1 N–H and O–H groups in total. The molecule has 0 spiro atoms. The van der Waals surface area contributed by atoms with E-state index in [0.717, 1.165) is 12.8 Å². The summed E-state index contributed by atoms with van der Waals surface area (Å²) in [6, 6.07) is 3.89. The second-order valence-corrected chi connectivity index (χ2v) is 6.00. The highest BCUT2D eigenvalue weighted by Gasteiger charge is 2.24. The topological polar surface area (TPSA) is 49.4 Å². The third-order valence-corrected chi connectivity index (χ3v) is 4.22. The first-order valence-corrected chi connectivity index (χ1v) is 7.92. The van der Waals surface area contributed by atoms with Crippen molar-refractivity contribution in [2.75, 3.05) is 19.6 Å². The smallest absolute Gasteiger partial charge is 0.241 e. The molecule has 4 nitrogen and oxygen atoms in total. The minimum absolute atomic E-state index is 0.00396. The van der Waals surface area contributed by atoms with E-state index < -0.39 is 11.6 Å². The van der Waals surface area contributed by atoms with Crippen LogP contribution in [-0.2, 0) is 16.0 Å². The maximum atomic E-state index is 13.6. The van der Waals surface area contributed by atoms with Gasteiger partial charge in [0.25, 0.3) is 0 Å². The first kappa shape index (κ1) is 17.4. The number of carbonyl (C=O) groups excluding carboxylic acids is 2. The van der Waals surface area contributed by atoms with E-state index in [1.165, 1.54) is 25.1 Å². The van der Waals surface area contributed by atoms with Crippen molar-refractivity contribution < 1.29 is 18.4 Å². The van der Waals surface area contributed by atoms with Crippen LogP contribution in [0.3, 0.4) is 0 Å². The van der Waals surface area contributed by atoms with Crippen molar-refractivity contribution in [1.82, 2.24) is 10.2 Å². The van der Waals surface area contributed by atoms with E-state index in [1.807, 2.05) is 0 Å². The molecule has 6 heteroatoms. The van der Waals surface area contributed by atoms with Crippen molar-refractivity contribution in [3.05, 3.63) is 35.4 Å². The molecule has 2 amide bonds. The number of piperidine rings is 1. The number of carbonyl (C=O) groups is 2. The standard InChI is InChI=1S/C17H22F2N2O2/c1-12(22)20-10-17(23)21-9-3-4-13(11-21)7-8-14-15(18)5-2-6-16(14)19/h2,5-6,13H,3-4,7-11H2,1H3,(H,20,22). The molecule has 1 unspecified atom stereocenters. The SMILES string of the molecule is CC(=O)NCC(=O)N1CCCC(CCc2c(F)cccc2F)C1. The molecule has 23 heavy (non-hydrogen) atoms. The lowest BCUT2D eigenvalue weighted by molar-refractivity contribution is -0.134. The lowest BCUT2D eigenvalue weighted by atomic mass is 9.91. The average Bonchev–Trinajstić information content (AvgIpc) is 2.52. The predicted octanol–water partition coefficient (Wildman–Crippen LogP) is 2.27. The number of rotatable bonds is 5. The van der Waals surface area contributed by atoms with Gasteiger partial charge >= 0.3 is 0 Å². The van der Waals surface area contributed by atoms with Crippen molar-refractivity contribution in [2.24, 2.45) is 5.92 Å². The summed E-state index contributed by atoms with van der Waals surface area (Å²) in [5, 5.41) is 2.50. The zero-order valence-corrected chi connectivity index (χ0v) is 13.3. The quantitative estimate of drug-likeness (QED) is 0.903. The highest BCUT2D eigenvalue weighted by Crippen LogP contribution is 2.23. The van der Waals surface area contributed by atoms with E-state index in [2.05, 4.69) is 5.32 Å². The van der Waals surface area contributed by atoms with Gasteiger partial charge < -0.3 is 10.2 Å². The van der Waals surface area contributed by atoms with Crippen LogP contribution in [0.4, 0.5) is 8.78 Å². The third-order valence-electron chi connectivity index (χ3n) is 4.22. The van der Waals surface area contributed by atoms with Crippen LogP contribution in [0, 0.1) is 17.6 Å². The Hall–Kier alpha value is -1.98. The number of halogens is 2. The Morgan fingerprint density at radius 2 is 2.00 bits per heavy atom. The van der Waals surface area contributed by atoms with Gasteiger partial charge in [-0.05, 0) is 43.7 Å². The largest absolute Gasteiger partial charge is 0.347 e. The summed E-state index contributed by atoms with van der Waals surface area (Å²) in [5.41, 5.74) is 0.120. The minimum Gasteiger partial charge on any atom is -0.347 e. The molecule has 1 fully saturated rings. The lowest BCUT2D eigenvalue weighted by Crippen LogP contribution is -2.44. The van der Waals surface area contributed by atoms with Crippen LogP contribution >= 0.6 is 0 Å². The molecule has 1 aromatic rings. The Morgan fingerprint density at radius 3 is 2.65 bits per heavy atom. The van der Waals surface area contributed by atoms with Gasteiger partial charge in [0, 0.05) is 25.6 Å².